The third-order valence-corrected chi connectivity index (χ3v) is 3.96. The van der Waals surface area contributed by atoms with Crippen molar-refractivity contribution in [3.8, 4) is 0 Å². The highest BCUT2D eigenvalue weighted by atomic mass is 16.2. The lowest BCUT2D eigenvalue weighted by molar-refractivity contribution is -0.119. The average Bonchev–Trinajstić information content (AvgIpc) is 3.08. The summed E-state index contributed by atoms with van der Waals surface area (Å²) >= 11 is 0. The molecule has 2 aromatic rings. The van der Waals surface area contributed by atoms with Crippen molar-refractivity contribution in [3.63, 3.8) is 0 Å². The van der Waals surface area contributed by atoms with E-state index in [0.717, 1.165) is 5.56 Å². The highest BCUT2D eigenvalue weighted by Gasteiger charge is 2.26. The molecule has 1 aliphatic rings. The van der Waals surface area contributed by atoms with Gasteiger partial charge in [-0.15, -0.1) is 0 Å². The summed E-state index contributed by atoms with van der Waals surface area (Å²) in [6.45, 7) is 4.50. The van der Waals surface area contributed by atoms with E-state index < -0.39 is 0 Å². The summed E-state index contributed by atoms with van der Waals surface area (Å²) in [7, 11) is 0. The van der Waals surface area contributed by atoms with Crippen molar-refractivity contribution < 1.29 is 9.59 Å². The molecular weight excluding hydrogens is 318 g/mol. The van der Waals surface area contributed by atoms with Crippen LogP contribution in [0, 0.1) is 6.92 Å². The minimum absolute atomic E-state index is 0.0746. The topological polar surface area (TPSA) is 79.6 Å². The molecule has 0 spiro atoms. The first-order valence-corrected chi connectivity index (χ1v) is 8.26. The van der Waals surface area contributed by atoms with Crippen LogP contribution in [0.25, 0.3) is 0 Å². The van der Waals surface area contributed by atoms with Gasteiger partial charge in [-0.25, -0.2) is 9.99 Å². The van der Waals surface area contributed by atoms with Crippen LogP contribution in [0.5, 0.6) is 0 Å². The molecule has 0 aliphatic carbocycles. The predicted molar refractivity (Wildman–Crippen MR) is 95.2 cm³/mol. The fourth-order valence-corrected chi connectivity index (χ4v) is 2.74. The van der Waals surface area contributed by atoms with Gasteiger partial charge < -0.3 is 9.88 Å². The van der Waals surface area contributed by atoms with Crippen LogP contribution < -0.4 is 10.3 Å². The van der Waals surface area contributed by atoms with Crippen molar-refractivity contribution in [1.82, 2.24) is 14.9 Å². The fourth-order valence-electron chi connectivity index (χ4n) is 2.74. The smallest absolute Gasteiger partial charge is 0.267 e. The summed E-state index contributed by atoms with van der Waals surface area (Å²) in [5, 5.41) is 8.55. The molecule has 1 aromatic carbocycles. The third-order valence-electron chi connectivity index (χ3n) is 3.96. The summed E-state index contributed by atoms with van der Waals surface area (Å²) in [5.41, 5.74) is 2.09. The molecule has 0 bridgehead atoms. The van der Waals surface area contributed by atoms with Gasteiger partial charge in [0.25, 0.3) is 5.91 Å². The summed E-state index contributed by atoms with van der Waals surface area (Å²) in [5.74, 6) is -0.341. The number of carbonyl (C=O) groups is 2. The molecule has 0 saturated heterocycles. The molecule has 2 amide bonds. The highest BCUT2D eigenvalue weighted by Crippen LogP contribution is 2.21. The summed E-state index contributed by atoms with van der Waals surface area (Å²) < 4.78 is 1.90. The number of rotatable bonds is 5. The number of aromatic nitrogens is 2. The summed E-state index contributed by atoms with van der Waals surface area (Å²) in [6.07, 6.45) is 5.88. The normalized spacial score (nSPS) is 15.7. The van der Waals surface area contributed by atoms with E-state index in [9.17, 15) is 9.59 Å². The Morgan fingerprint density at radius 3 is 2.92 bits per heavy atom. The molecule has 3 rings (SSSR count). The maximum Gasteiger partial charge on any atom is 0.267 e. The lowest BCUT2D eigenvalue weighted by atomic mass is 10.1. The monoisotopic (exact) mass is 339 g/mol. The van der Waals surface area contributed by atoms with Gasteiger partial charge in [0.1, 0.15) is 5.71 Å². The zero-order valence-electron chi connectivity index (χ0n) is 14.3. The third kappa shape index (κ3) is 4.12. The van der Waals surface area contributed by atoms with Gasteiger partial charge in [0.2, 0.25) is 5.91 Å². The Kier molecular flexibility index (Phi) is 4.92. The number of anilines is 1. The molecular formula is C18H21N5O2. The van der Waals surface area contributed by atoms with Crippen LogP contribution >= 0.6 is 0 Å². The summed E-state index contributed by atoms with van der Waals surface area (Å²) in [6, 6.07) is 7.44. The van der Waals surface area contributed by atoms with Gasteiger partial charge in [0.05, 0.1) is 12.0 Å². The number of carbonyl (C=O) groups excluding carboxylic acids is 2. The van der Waals surface area contributed by atoms with Gasteiger partial charge in [-0.3, -0.25) is 9.59 Å². The first kappa shape index (κ1) is 16.9. The first-order chi connectivity index (χ1) is 12.0. The van der Waals surface area contributed by atoms with Crippen LogP contribution in [0.4, 0.5) is 5.69 Å². The molecule has 0 radical (unpaired) electrons. The number of nitrogens with one attached hydrogen (secondary N) is 1. The number of nitrogens with zero attached hydrogens (tertiary/aromatic N) is 4. The minimum atomic E-state index is -0.238. The van der Waals surface area contributed by atoms with Gasteiger partial charge in [-0.05, 0) is 31.5 Å². The van der Waals surface area contributed by atoms with Crippen molar-refractivity contribution in [2.75, 3.05) is 5.01 Å². The Labute approximate surface area is 146 Å². The van der Waals surface area contributed by atoms with Crippen molar-refractivity contribution in [2.24, 2.45) is 5.10 Å². The Balaban J connectivity index is 1.71. The van der Waals surface area contributed by atoms with E-state index in [4.69, 9.17) is 0 Å². The number of hydrogen-bond acceptors (Lipinski definition) is 4. The maximum atomic E-state index is 12.5. The molecule has 1 atom stereocenters. The number of hydrogen-bond donors (Lipinski definition) is 1. The first-order valence-electron chi connectivity index (χ1n) is 8.26. The number of hydrazone groups is 1. The number of imidazole rings is 1. The van der Waals surface area contributed by atoms with Crippen LogP contribution in [0.2, 0.25) is 0 Å². The molecule has 7 heteroatoms. The highest BCUT2D eigenvalue weighted by molar-refractivity contribution is 6.40. The van der Waals surface area contributed by atoms with E-state index >= 15 is 0 Å². The molecule has 0 fully saturated rings. The van der Waals surface area contributed by atoms with Crippen molar-refractivity contribution >= 4 is 23.2 Å². The van der Waals surface area contributed by atoms with E-state index in [1.54, 1.807) is 12.5 Å². The summed E-state index contributed by atoms with van der Waals surface area (Å²) in [4.78, 5) is 28.7. The van der Waals surface area contributed by atoms with E-state index in [1.165, 1.54) is 5.01 Å². The molecule has 130 valence electrons. The zero-order valence-corrected chi connectivity index (χ0v) is 14.3. The van der Waals surface area contributed by atoms with E-state index in [-0.39, 0.29) is 24.3 Å². The molecule has 2 heterocycles. The molecule has 1 aromatic heterocycles. The molecule has 0 saturated carbocycles. The SMILES string of the molecule is Cc1cccc(N2N=C(C(=O)N[C@H](C)Cn3ccnc3)CCC2=O)c1. The van der Waals surface area contributed by atoms with Crippen molar-refractivity contribution in [2.45, 2.75) is 39.3 Å². The average molecular weight is 339 g/mol. The van der Waals surface area contributed by atoms with Gasteiger partial charge >= 0.3 is 0 Å². The Morgan fingerprint density at radius 2 is 2.20 bits per heavy atom. The van der Waals surface area contributed by atoms with Gasteiger partial charge in [-0.1, -0.05) is 12.1 Å². The number of amides is 2. The predicted octanol–water partition coefficient (Wildman–Crippen LogP) is 1.88. The van der Waals surface area contributed by atoms with Gasteiger partial charge in [0, 0.05) is 37.8 Å². The van der Waals surface area contributed by atoms with Crippen LogP contribution in [-0.2, 0) is 16.1 Å². The molecule has 25 heavy (non-hydrogen) atoms. The maximum absolute atomic E-state index is 12.5. The van der Waals surface area contributed by atoms with Crippen LogP contribution in [0.3, 0.4) is 0 Å². The van der Waals surface area contributed by atoms with E-state index in [0.29, 0.717) is 24.4 Å². The second-order valence-electron chi connectivity index (χ2n) is 6.23. The number of benzene rings is 1. The lowest BCUT2D eigenvalue weighted by Gasteiger charge is -2.24. The number of aryl methyl sites for hydroxylation is 1. The van der Waals surface area contributed by atoms with Crippen LogP contribution in [0.15, 0.2) is 48.1 Å². The Bertz CT molecular complexity index is 798. The van der Waals surface area contributed by atoms with E-state index in [2.05, 4.69) is 15.4 Å². The fraction of sp³-hybridized carbons (Fsp3) is 0.333. The van der Waals surface area contributed by atoms with Crippen molar-refractivity contribution in [3.05, 3.63) is 48.5 Å². The van der Waals surface area contributed by atoms with Crippen molar-refractivity contribution in [1.29, 1.82) is 0 Å². The standard InChI is InChI=1S/C18H21N5O2/c1-13-4-3-5-15(10-13)23-17(24)7-6-16(21-23)18(25)20-14(2)11-22-9-8-19-12-22/h3-5,8-10,12,14H,6-7,11H2,1-2H3,(H,20,25)/t14-/m1/s1. The van der Waals surface area contributed by atoms with Crippen LogP contribution in [0.1, 0.15) is 25.3 Å². The van der Waals surface area contributed by atoms with Gasteiger partial charge in [0.15, 0.2) is 0 Å². The quantitative estimate of drug-likeness (QED) is 0.903. The largest absolute Gasteiger partial charge is 0.347 e. The minimum Gasteiger partial charge on any atom is -0.347 e. The Morgan fingerprint density at radius 1 is 1.36 bits per heavy atom. The van der Waals surface area contributed by atoms with Crippen LogP contribution in [-0.4, -0.2) is 33.1 Å². The second-order valence-corrected chi connectivity index (χ2v) is 6.23. The second kappa shape index (κ2) is 7.29. The van der Waals surface area contributed by atoms with E-state index in [1.807, 2.05) is 48.9 Å². The van der Waals surface area contributed by atoms with Gasteiger partial charge in [-0.2, -0.15) is 5.10 Å². The molecule has 0 unspecified atom stereocenters. The Hall–Kier alpha value is -2.96. The lowest BCUT2D eigenvalue weighted by Crippen LogP contribution is -2.43. The molecule has 1 aliphatic heterocycles. The molecule has 1 N–H and O–H groups in total. The molecule has 7 nitrogen and oxygen atoms in total. The zero-order chi connectivity index (χ0) is 17.8.